The van der Waals surface area contributed by atoms with Crippen LogP contribution in [-0.4, -0.2) is 19.0 Å². The monoisotopic (exact) mass is 228 g/mol. The van der Waals surface area contributed by atoms with Crippen LogP contribution in [0, 0.1) is 11.7 Å². The number of carbonyl (C=O) groups is 1. The van der Waals surface area contributed by atoms with Crippen LogP contribution in [-0.2, 0) is 4.79 Å². The molecule has 80 valence electrons. The molecule has 2 N–H and O–H groups in total. The third-order valence-corrected chi connectivity index (χ3v) is 2.57. The van der Waals surface area contributed by atoms with Gasteiger partial charge < -0.3 is 10.6 Å². The van der Waals surface area contributed by atoms with Crippen LogP contribution < -0.4 is 10.6 Å². The summed E-state index contributed by atoms with van der Waals surface area (Å²) in [7, 11) is 0. The molecule has 0 spiro atoms. The maximum Gasteiger partial charge on any atom is 0.230 e. The molecule has 0 saturated carbocycles. The number of carbonyl (C=O) groups excluding carboxylic acids is 1. The molecule has 0 atom stereocenters. The Labute approximate surface area is 91.6 Å². The van der Waals surface area contributed by atoms with Gasteiger partial charge in [0.15, 0.2) is 0 Å². The highest BCUT2D eigenvalue weighted by atomic mass is 35.5. The van der Waals surface area contributed by atoms with E-state index in [1.807, 2.05) is 0 Å². The minimum atomic E-state index is -0.472. The molecule has 1 fully saturated rings. The van der Waals surface area contributed by atoms with E-state index >= 15 is 0 Å². The summed E-state index contributed by atoms with van der Waals surface area (Å²) in [4.78, 5) is 11.5. The van der Waals surface area contributed by atoms with Crippen LogP contribution in [0.1, 0.15) is 0 Å². The van der Waals surface area contributed by atoms with Gasteiger partial charge in [-0.3, -0.25) is 4.79 Å². The number of anilines is 1. The summed E-state index contributed by atoms with van der Waals surface area (Å²) < 4.78 is 13.2. The third kappa shape index (κ3) is 2.27. The number of halogens is 2. The number of benzene rings is 1. The highest BCUT2D eigenvalue weighted by molar-refractivity contribution is 6.30. The van der Waals surface area contributed by atoms with Gasteiger partial charge in [-0.05, 0) is 18.2 Å². The molecule has 0 aromatic heterocycles. The van der Waals surface area contributed by atoms with Crippen molar-refractivity contribution in [3.8, 4) is 0 Å². The summed E-state index contributed by atoms with van der Waals surface area (Å²) in [6.45, 7) is 1.29. The number of rotatable bonds is 2. The van der Waals surface area contributed by atoms with Crippen molar-refractivity contribution in [1.29, 1.82) is 0 Å². The number of nitrogens with one attached hydrogen (secondary N) is 2. The van der Waals surface area contributed by atoms with Gasteiger partial charge in [0.1, 0.15) is 5.82 Å². The molecule has 0 aliphatic carbocycles. The third-order valence-electron chi connectivity index (χ3n) is 2.34. The maximum absolute atomic E-state index is 13.2. The highest BCUT2D eigenvalue weighted by Gasteiger charge is 2.25. The van der Waals surface area contributed by atoms with Crippen molar-refractivity contribution in [3.05, 3.63) is 29.0 Å². The first-order chi connectivity index (χ1) is 7.16. The van der Waals surface area contributed by atoms with Crippen molar-refractivity contribution < 1.29 is 9.18 Å². The van der Waals surface area contributed by atoms with Crippen molar-refractivity contribution in [1.82, 2.24) is 5.32 Å². The minimum absolute atomic E-state index is 0.0663. The van der Waals surface area contributed by atoms with Crippen LogP contribution in [0.2, 0.25) is 5.02 Å². The summed E-state index contributed by atoms with van der Waals surface area (Å²) >= 11 is 5.70. The average Bonchev–Trinajstić information content (AvgIpc) is 2.08. The molecule has 1 saturated heterocycles. The van der Waals surface area contributed by atoms with Crippen molar-refractivity contribution >= 4 is 23.2 Å². The lowest BCUT2D eigenvalue weighted by molar-refractivity contribution is -0.121. The van der Waals surface area contributed by atoms with E-state index in [0.717, 1.165) is 0 Å². The van der Waals surface area contributed by atoms with Crippen LogP contribution in [0.3, 0.4) is 0 Å². The van der Waals surface area contributed by atoms with Gasteiger partial charge in [0.2, 0.25) is 5.91 Å². The molecule has 1 aromatic rings. The minimum Gasteiger partial charge on any atom is -0.323 e. The summed E-state index contributed by atoms with van der Waals surface area (Å²) in [5.74, 6) is -0.710. The van der Waals surface area contributed by atoms with Crippen molar-refractivity contribution in [2.45, 2.75) is 0 Å². The highest BCUT2D eigenvalue weighted by Crippen LogP contribution is 2.20. The van der Waals surface area contributed by atoms with Crippen LogP contribution >= 0.6 is 11.6 Å². The first-order valence-corrected chi connectivity index (χ1v) is 5.01. The quantitative estimate of drug-likeness (QED) is 0.808. The largest absolute Gasteiger partial charge is 0.323 e. The second-order valence-electron chi connectivity index (χ2n) is 3.47. The van der Waals surface area contributed by atoms with Gasteiger partial charge in [0.25, 0.3) is 0 Å². The van der Waals surface area contributed by atoms with Crippen LogP contribution in [0.5, 0.6) is 0 Å². The number of amides is 1. The molecule has 3 nitrogen and oxygen atoms in total. The molecular weight excluding hydrogens is 219 g/mol. The van der Waals surface area contributed by atoms with Crippen molar-refractivity contribution in [2.75, 3.05) is 18.4 Å². The van der Waals surface area contributed by atoms with E-state index < -0.39 is 5.82 Å². The summed E-state index contributed by atoms with van der Waals surface area (Å²) in [5, 5.41) is 5.89. The van der Waals surface area contributed by atoms with Gasteiger partial charge in [0.05, 0.1) is 11.6 Å². The first-order valence-electron chi connectivity index (χ1n) is 4.63. The molecule has 2 rings (SSSR count). The zero-order chi connectivity index (χ0) is 10.8. The normalized spacial score (nSPS) is 15.9. The predicted octanol–water partition coefficient (Wildman–Crippen LogP) is 1.64. The summed E-state index contributed by atoms with van der Waals surface area (Å²) in [6.07, 6.45) is 0. The van der Waals surface area contributed by atoms with E-state index in [-0.39, 0.29) is 17.5 Å². The molecule has 1 aromatic carbocycles. The molecule has 15 heavy (non-hydrogen) atoms. The fourth-order valence-electron chi connectivity index (χ4n) is 1.30. The van der Waals surface area contributed by atoms with E-state index in [1.54, 1.807) is 0 Å². The van der Waals surface area contributed by atoms with E-state index in [1.165, 1.54) is 18.2 Å². The fraction of sp³-hybridized carbons (Fsp3) is 0.300. The Bertz CT molecular complexity index is 393. The summed E-state index contributed by atoms with van der Waals surface area (Å²) in [6, 6.07) is 4.08. The second kappa shape index (κ2) is 4.16. The molecule has 1 aliphatic heterocycles. The molecular formula is C10H10ClFN2O. The van der Waals surface area contributed by atoms with Gasteiger partial charge in [-0.15, -0.1) is 0 Å². The molecule has 1 aliphatic rings. The van der Waals surface area contributed by atoms with Crippen LogP contribution in [0.25, 0.3) is 0 Å². The SMILES string of the molecule is O=C(Nc1cc(Cl)ccc1F)C1CNC1. The topological polar surface area (TPSA) is 41.1 Å². The lowest BCUT2D eigenvalue weighted by atomic mass is 10.0. The standard InChI is InChI=1S/C10H10ClFN2O/c11-7-1-2-8(12)9(3-7)14-10(15)6-4-13-5-6/h1-3,6,13H,4-5H2,(H,14,15). The average molecular weight is 229 g/mol. The van der Waals surface area contributed by atoms with E-state index in [0.29, 0.717) is 18.1 Å². The molecule has 0 radical (unpaired) electrons. The Hall–Kier alpha value is -1.13. The summed E-state index contributed by atoms with van der Waals surface area (Å²) in [5.41, 5.74) is 0.138. The second-order valence-corrected chi connectivity index (χ2v) is 3.91. The van der Waals surface area contributed by atoms with Crippen LogP contribution in [0.15, 0.2) is 18.2 Å². The Morgan fingerprint density at radius 2 is 2.27 bits per heavy atom. The fourth-order valence-corrected chi connectivity index (χ4v) is 1.47. The van der Waals surface area contributed by atoms with E-state index in [9.17, 15) is 9.18 Å². The van der Waals surface area contributed by atoms with E-state index in [2.05, 4.69) is 10.6 Å². The molecule has 0 bridgehead atoms. The van der Waals surface area contributed by atoms with Gasteiger partial charge in [-0.1, -0.05) is 11.6 Å². The van der Waals surface area contributed by atoms with Gasteiger partial charge in [-0.2, -0.15) is 0 Å². The zero-order valence-electron chi connectivity index (χ0n) is 7.89. The van der Waals surface area contributed by atoms with E-state index in [4.69, 9.17) is 11.6 Å². The van der Waals surface area contributed by atoms with Crippen molar-refractivity contribution in [2.24, 2.45) is 5.92 Å². The Balaban J connectivity index is 2.09. The molecule has 0 unspecified atom stereocenters. The van der Waals surface area contributed by atoms with Gasteiger partial charge in [-0.25, -0.2) is 4.39 Å². The van der Waals surface area contributed by atoms with Crippen molar-refractivity contribution in [3.63, 3.8) is 0 Å². The molecule has 1 amide bonds. The predicted molar refractivity (Wildman–Crippen MR) is 56.4 cm³/mol. The smallest absolute Gasteiger partial charge is 0.230 e. The lowest BCUT2D eigenvalue weighted by Gasteiger charge is -2.25. The number of hydrogen-bond donors (Lipinski definition) is 2. The first kappa shape index (κ1) is 10.4. The number of hydrogen-bond acceptors (Lipinski definition) is 2. The van der Waals surface area contributed by atoms with Gasteiger partial charge >= 0.3 is 0 Å². The molecule has 5 heteroatoms. The maximum atomic E-state index is 13.2. The van der Waals surface area contributed by atoms with Crippen LogP contribution in [0.4, 0.5) is 10.1 Å². The molecule has 1 heterocycles. The van der Waals surface area contributed by atoms with Gasteiger partial charge in [0, 0.05) is 18.1 Å². The Morgan fingerprint density at radius 1 is 1.53 bits per heavy atom. The lowest BCUT2D eigenvalue weighted by Crippen LogP contribution is -2.48. The Morgan fingerprint density at radius 3 is 2.87 bits per heavy atom. The zero-order valence-corrected chi connectivity index (χ0v) is 8.64. The Kier molecular flexibility index (Phi) is 2.88.